The molecule has 0 aromatic heterocycles. The topological polar surface area (TPSA) is 65.5 Å². The number of aliphatic imine (C=N–C) groups is 1. The minimum absolute atomic E-state index is 0.0778. The Labute approximate surface area is 159 Å². The standard InChI is InChI=1S/C20H26N4OS/c1-3-22-20(23-13-14-26-18-7-5-4-6-8-18)24-15-16-9-11-17(12-10-16)19(25)21-2/h4-12H,3,13-15H2,1-2H3,(H,21,25)(H2,22,23,24). The maximum atomic E-state index is 11.6. The number of hydrogen-bond donors (Lipinski definition) is 3. The maximum absolute atomic E-state index is 11.6. The zero-order valence-corrected chi connectivity index (χ0v) is 16.1. The second-order valence-corrected chi connectivity index (χ2v) is 6.73. The lowest BCUT2D eigenvalue weighted by atomic mass is 10.1. The van der Waals surface area contributed by atoms with Gasteiger partial charge in [-0.2, -0.15) is 0 Å². The summed E-state index contributed by atoms with van der Waals surface area (Å²) in [4.78, 5) is 17.4. The van der Waals surface area contributed by atoms with E-state index in [0.717, 1.165) is 30.4 Å². The van der Waals surface area contributed by atoms with Crippen LogP contribution >= 0.6 is 11.8 Å². The lowest BCUT2D eigenvalue weighted by molar-refractivity contribution is 0.0963. The largest absolute Gasteiger partial charge is 0.357 e. The average Bonchev–Trinajstić information content (AvgIpc) is 2.70. The van der Waals surface area contributed by atoms with Crippen molar-refractivity contribution in [1.82, 2.24) is 16.0 Å². The molecule has 2 rings (SSSR count). The molecule has 138 valence electrons. The van der Waals surface area contributed by atoms with Gasteiger partial charge in [0.1, 0.15) is 0 Å². The van der Waals surface area contributed by atoms with Crippen LogP contribution < -0.4 is 16.0 Å². The minimum Gasteiger partial charge on any atom is -0.357 e. The molecule has 0 unspecified atom stereocenters. The molecule has 0 saturated heterocycles. The van der Waals surface area contributed by atoms with E-state index in [1.54, 1.807) is 7.05 Å². The smallest absolute Gasteiger partial charge is 0.251 e. The van der Waals surface area contributed by atoms with E-state index in [2.05, 4.69) is 45.2 Å². The molecule has 6 heteroatoms. The van der Waals surface area contributed by atoms with Crippen LogP contribution in [0.2, 0.25) is 0 Å². The SMILES string of the molecule is CCNC(=NCc1ccc(C(=O)NC)cc1)NCCSc1ccccc1. The number of nitrogens with zero attached hydrogens (tertiary/aromatic N) is 1. The molecule has 0 radical (unpaired) electrons. The first kappa shape index (κ1) is 19.8. The third kappa shape index (κ3) is 6.80. The molecule has 0 saturated carbocycles. The highest BCUT2D eigenvalue weighted by Gasteiger charge is 2.02. The number of carbonyl (C=O) groups is 1. The molecule has 0 aliphatic rings. The van der Waals surface area contributed by atoms with Gasteiger partial charge in [0, 0.05) is 36.3 Å². The number of carbonyl (C=O) groups excluding carboxylic acids is 1. The zero-order chi connectivity index (χ0) is 18.6. The summed E-state index contributed by atoms with van der Waals surface area (Å²) in [6.07, 6.45) is 0. The second kappa shape index (κ2) is 11.2. The molecular formula is C20H26N4OS. The fraction of sp³-hybridized carbons (Fsp3) is 0.300. The summed E-state index contributed by atoms with van der Waals surface area (Å²) < 4.78 is 0. The Bertz CT molecular complexity index is 702. The van der Waals surface area contributed by atoms with Crippen molar-refractivity contribution in [2.75, 3.05) is 25.9 Å². The quantitative estimate of drug-likeness (QED) is 0.289. The summed E-state index contributed by atoms with van der Waals surface area (Å²) in [5, 5.41) is 9.23. The van der Waals surface area contributed by atoms with Gasteiger partial charge in [-0.05, 0) is 36.8 Å². The Morgan fingerprint density at radius 3 is 2.42 bits per heavy atom. The Morgan fingerprint density at radius 2 is 1.77 bits per heavy atom. The second-order valence-electron chi connectivity index (χ2n) is 5.56. The normalized spacial score (nSPS) is 11.1. The van der Waals surface area contributed by atoms with Crippen LogP contribution in [0.25, 0.3) is 0 Å². The van der Waals surface area contributed by atoms with Crippen molar-refractivity contribution in [3.8, 4) is 0 Å². The van der Waals surface area contributed by atoms with Crippen LogP contribution in [-0.4, -0.2) is 37.8 Å². The average molecular weight is 371 g/mol. The Hall–Kier alpha value is -2.47. The van der Waals surface area contributed by atoms with Crippen LogP contribution in [-0.2, 0) is 6.54 Å². The van der Waals surface area contributed by atoms with Gasteiger partial charge in [-0.15, -0.1) is 11.8 Å². The van der Waals surface area contributed by atoms with Gasteiger partial charge in [0.25, 0.3) is 5.91 Å². The van der Waals surface area contributed by atoms with Crippen molar-refractivity contribution >= 4 is 23.6 Å². The van der Waals surface area contributed by atoms with Crippen LogP contribution in [0.15, 0.2) is 64.5 Å². The van der Waals surface area contributed by atoms with Gasteiger partial charge >= 0.3 is 0 Å². The van der Waals surface area contributed by atoms with Gasteiger partial charge in [0.05, 0.1) is 6.54 Å². The lowest BCUT2D eigenvalue weighted by Crippen LogP contribution is -2.38. The molecule has 0 bridgehead atoms. The van der Waals surface area contributed by atoms with E-state index in [9.17, 15) is 4.79 Å². The van der Waals surface area contributed by atoms with E-state index in [-0.39, 0.29) is 5.91 Å². The fourth-order valence-corrected chi connectivity index (χ4v) is 3.06. The predicted octanol–water partition coefficient (Wildman–Crippen LogP) is 2.89. The number of hydrogen-bond acceptors (Lipinski definition) is 3. The first-order chi connectivity index (χ1) is 12.7. The van der Waals surface area contributed by atoms with E-state index in [1.165, 1.54) is 4.90 Å². The molecule has 3 N–H and O–H groups in total. The van der Waals surface area contributed by atoms with E-state index >= 15 is 0 Å². The first-order valence-electron chi connectivity index (χ1n) is 8.74. The molecule has 1 amide bonds. The van der Waals surface area contributed by atoms with Crippen molar-refractivity contribution in [2.24, 2.45) is 4.99 Å². The number of thioether (sulfide) groups is 1. The van der Waals surface area contributed by atoms with Gasteiger partial charge in [-0.1, -0.05) is 30.3 Å². The van der Waals surface area contributed by atoms with Crippen molar-refractivity contribution in [3.05, 3.63) is 65.7 Å². The molecule has 0 heterocycles. The molecule has 26 heavy (non-hydrogen) atoms. The van der Waals surface area contributed by atoms with Crippen LogP contribution in [0, 0.1) is 0 Å². The molecule has 0 fully saturated rings. The van der Waals surface area contributed by atoms with E-state index in [0.29, 0.717) is 12.1 Å². The first-order valence-corrected chi connectivity index (χ1v) is 9.72. The van der Waals surface area contributed by atoms with Gasteiger partial charge in [0.2, 0.25) is 0 Å². The summed E-state index contributed by atoms with van der Waals surface area (Å²) in [5.74, 6) is 1.69. The number of nitrogens with one attached hydrogen (secondary N) is 3. The highest BCUT2D eigenvalue weighted by molar-refractivity contribution is 7.99. The van der Waals surface area contributed by atoms with Crippen LogP contribution in [0.4, 0.5) is 0 Å². The lowest BCUT2D eigenvalue weighted by Gasteiger charge is -2.11. The summed E-state index contributed by atoms with van der Waals surface area (Å²) in [6.45, 7) is 4.26. The molecule has 2 aromatic rings. The predicted molar refractivity (Wildman–Crippen MR) is 110 cm³/mol. The number of rotatable bonds is 8. The van der Waals surface area contributed by atoms with Crippen molar-refractivity contribution in [2.45, 2.75) is 18.4 Å². The monoisotopic (exact) mass is 370 g/mol. The number of benzene rings is 2. The Morgan fingerprint density at radius 1 is 1.04 bits per heavy atom. The van der Waals surface area contributed by atoms with E-state index < -0.39 is 0 Å². The molecule has 0 aliphatic carbocycles. The van der Waals surface area contributed by atoms with Gasteiger partial charge in [0.15, 0.2) is 5.96 Å². The molecule has 0 aliphatic heterocycles. The number of guanidine groups is 1. The van der Waals surface area contributed by atoms with Gasteiger partial charge < -0.3 is 16.0 Å². The van der Waals surface area contributed by atoms with Gasteiger partial charge in [-0.25, -0.2) is 4.99 Å². The van der Waals surface area contributed by atoms with Crippen molar-refractivity contribution in [3.63, 3.8) is 0 Å². The Balaban J connectivity index is 1.82. The highest BCUT2D eigenvalue weighted by atomic mass is 32.2. The number of amides is 1. The molecule has 5 nitrogen and oxygen atoms in total. The minimum atomic E-state index is -0.0778. The molecule has 0 spiro atoms. The fourth-order valence-electron chi connectivity index (χ4n) is 2.27. The van der Waals surface area contributed by atoms with Gasteiger partial charge in [-0.3, -0.25) is 4.79 Å². The maximum Gasteiger partial charge on any atom is 0.251 e. The summed E-state index contributed by atoms with van der Waals surface area (Å²) in [5.41, 5.74) is 1.72. The molecule has 0 atom stereocenters. The molecular weight excluding hydrogens is 344 g/mol. The van der Waals surface area contributed by atoms with Crippen LogP contribution in [0.5, 0.6) is 0 Å². The third-order valence-corrected chi connectivity index (χ3v) is 4.63. The third-order valence-electron chi connectivity index (χ3n) is 3.61. The Kier molecular flexibility index (Phi) is 8.55. The molecule has 2 aromatic carbocycles. The van der Waals surface area contributed by atoms with Crippen LogP contribution in [0.3, 0.4) is 0 Å². The summed E-state index contributed by atoms with van der Waals surface area (Å²) >= 11 is 1.82. The highest BCUT2D eigenvalue weighted by Crippen LogP contribution is 2.15. The van der Waals surface area contributed by atoms with Crippen LogP contribution in [0.1, 0.15) is 22.8 Å². The summed E-state index contributed by atoms with van der Waals surface area (Å²) in [6, 6.07) is 17.9. The zero-order valence-electron chi connectivity index (χ0n) is 15.3. The van der Waals surface area contributed by atoms with Crippen molar-refractivity contribution < 1.29 is 4.79 Å². The van der Waals surface area contributed by atoms with Crippen molar-refractivity contribution in [1.29, 1.82) is 0 Å². The van der Waals surface area contributed by atoms with E-state index in [4.69, 9.17) is 0 Å². The summed E-state index contributed by atoms with van der Waals surface area (Å²) in [7, 11) is 1.63. The van der Waals surface area contributed by atoms with E-state index in [1.807, 2.05) is 49.0 Å².